The second-order valence-corrected chi connectivity index (χ2v) is 14.7. The molecule has 3 heterocycles. The fourth-order valence-corrected chi connectivity index (χ4v) is 6.44. The van der Waals surface area contributed by atoms with Crippen molar-refractivity contribution in [3.63, 3.8) is 0 Å². The number of ether oxygens (including phenoxy) is 1. The van der Waals surface area contributed by atoms with E-state index in [9.17, 15) is 29.1 Å². The monoisotopic (exact) mass is 780 g/mol. The maximum atomic E-state index is 14.4. The number of rotatable bonds is 8. The highest BCUT2D eigenvalue weighted by Crippen LogP contribution is 2.17. The molecule has 57 heavy (non-hydrogen) atoms. The van der Waals surface area contributed by atoms with Crippen LogP contribution in [0.4, 0.5) is 0 Å². The largest absolute Gasteiger partial charge is 0.494 e. The summed E-state index contributed by atoms with van der Waals surface area (Å²) in [7, 11) is 1.64. The molecule has 0 aliphatic carbocycles. The smallest absolute Gasteiger partial charge is 0.326 e. The van der Waals surface area contributed by atoms with Crippen LogP contribution in [0.1, 0.15) is 55.1 Å². The third kappa shape index (κ3) is 12.5. The van der Waals surface area contributed by atoms with Gasteiger partial charge in [0.15, 0.2) is 0 Å². The molecule has 1 aromatic heterocycles. The van der Waals surface area contributed by atoms with E-state index < -0.39 is 54.4 Å². The Hall–Kier alpha value is -6.09. The number of amides is 4. The van der Waals surface area contributed by atoms with Gasteiger partial charge in [-0.3, -0.25) is 19.2 Å². The fourth-order valence-electron chi connectivity index (χ4n) is 6.44. The van der Waals surface area contributed by atoms with Crippen LogP contribution in [0.3, 0.4) is 0 Å². The molecule has 0 saturated heterocycles. The summed E-state index contributed by atoms with van der Waals surface area (Å²) < 4.78 is 7.65. The minimum Gasteiger partial charge on any atom is -0.494 e. The number of hydrogen-bond donors (Lipinski definition) is 5. The quantitative estimate of drug-likeness (QED) is 0.166. The molecule has 302 valence electrons. The molecule has 3 aromatic carbocycles. The Morgan fingerprint density at radius 1 is 0.912 bits per heavy atom. The zero-order valence-corrected chi connectivity index (χ0v) is 32.8. The predicted octanol–water partition coefficient (Wildman–Crippen LogP) is 2.27. The second kappa shape index (κ2) is 20.2. The van der Waals surface area contributed by atoms with E-state index in [4.69, 9.17) is 4.74 Å². The van der Waals surface area contributed by atoms with Crippen molar-refractivity contribution < 1.29 is 33.8 Å². The Morgan fingerprint density at radius 2 is 1.63 bits per heavy atom. The average molecular weight is 781 g/mol. The maximum absolute atomic E-state index is 14.4. The van der Waals surface area contributed by atoms with Crippen LogP contribution in [0.2, 0.25) is 0 Å². The number of carbonyl (C=O) groups excluding carboxylic acids is 4. The SMILES string of the molecule is CN[C@@H](C)C(=O)N[C@H](C(=O)N1CC(=O)N[C@@H](Cc2ccccc2)C(=O)N[C@H](C(=O)O)Cc2ccc(cc2)OCCCc2cn(nn2)Cc2cccc(c2)C1)C(C)C. The molecule has 4 amide bonds. The standard InChI is InChI=1S/C42H52N8O7/c1-27(2)38(46-39(52)28(3)43-4)41(54)49-23-31-12-8-13-32(20-31)24-50-25-33(47-48-50)14-9-19-57-34-17-15-30(16-18-34)22-36(42(55)56)45-40(53)35(44-37(51)26-49)21-29-10-6-5-7-11-29/h5-8,10-13,15-18,20,25,27-28,35-36,38,43H,9,14,19,21-24,26H2,1-4H3,(H,44,51)(H,45,53)(H,46,52)(H,55,56)/t28-,35-,36-,38-/m0/s1. The van der Waals surface area contributed by atoms with Gasteiger partial charge in [0.05, 0.1) is 31.4 Å². The molecule has 2 aliphatic rings. The Morgan fingerprint density at radius 3 is 2.32 bits per heavy atom. The number of nitrogens with one attached hydrogen (secondary N) is 4. The van der Waals surface area contributed by atoms with Gasteiger partial charge in [0.1, 0.15) is 23.9 Å². The summed E-state index contributed by atoms with van der Waals surface area (Å²) in [5.41, 5.74) is 3.82. The van der Waals surface area contributed by atoms with E-state index in [1.54, 1.807) is 67.2 Å². The van der Waals surface area contributed by atoms with Gasteiger partial charge in [0, 0.05) is 25.6 Å². The lowest BCUT2D eigenvalue weighted by atomic mass is 10.0. The molecule has 4 atom stereocenters. The van der Waals surface area contributed by atoms with Crippen molar-refractivity contribution in [3.05, 3.63) is 113 Å². The molecule has 4 aromatic rings. The molecule has 2 aliphatic heterocycles. The Balaban J connectivity index is 1.48. The summed E-state index contributed by atoms with van der Waals surface area (Å²) >= 11 is 0. The highest BCUT2D eigenvalue weighted by Gasteiger charge is 2.33. The van der Waals surface area contributed by atoms with Crippen molar-refractivity contribution in [2.24, 2.45) is 5.92 Å². The van der Waals surface area contributed by atoms with Gasteiger partial charge in [0.25, 0.3) is 0 Å². The molecule has 15 heteroatoms. The van der Waals surface area contributed by atoms with Crippen LogP contribution in [0.25, 0.3) is 0 Å². The van der Waals surface area contributed by atoms with Crippen molar-refractivity contribution in [1.29, 1.82) is 0 Å². The molecular formula is C42H52N8O7. The van der Waals surface area contributed by atoms with Crippen LogP contribution in [-0.2, 0) is 56.3 Å². The van der Waals surface area contributed by atoms with Gasteiger partial charge in [-0.05, 0) is 67.1 Å². The maximum Gasteiger partial charge on any atom is 0.326 e. The van der Waals surface area contributed by atoms with Crippen molar-refractivity contribution in [3.8, 4) is 5.75 Å². The molecule has 6 bridgehead atoms. The van der Waals surface area contributed by atoms with E-state index in [-0.39, 0.29) is 31.2 Å². The first-order chi connectivity index (χ1) is 27.4. The van der Waals surface area contributed by atoms with Crippen molar-refractivity contribution in [1.82, 2.24) is 41.2 Å². The molecule has 5 N–H and O–H groups in total. The van der Waals surface area contributed by atoms with E-state index in [1.165, 1.54) is 4.90 Å². The minimum atomic E-state index is -1.30. The average Bonchev–Trinajstić information content (AvgIpc) is 3.64. The van der Waals surface area contributed by atoms with Crippen LogP contribution >= 0.6 is 0 Å². The van der Waals surface area contributed by atoms with Crippen molar-refractivity contribution >= 4 is 29.6 Å². The molecule has 0 spiro atoms. The summed E-state index contributed by atoms with van der Waals surface area (Å²) in [4.78, 5) is 69.1. The lowest BCUT2D eigenvalue weighted by Crippen LogP contribution is -2.57. The molecule has 15 nitrogen and oxygen atoms in total. The minimum absolute atomic E-state index is 0.0126. The van der Waals surface area contributed by atoms with Gasteiger partial charge in [-0.15, -0.1) is 5.10 Å². The Bertz CT molecular complexity index is 1990. The highest BCUT2D eigenvalue weighted by molar-refractivity contribution is 5.94. The van der Waals surface area contributed by atoms with Gasteiger partial charge in [-0.25, -0.2) is 9.48 Å². The second-order valence-electron chi connectivity index (χ2n) is 14.7. The number of hydrogen-bond acceptors (Lipinski definition) is 9. The topological polar surface area (TPSA) is 197 Å². The van der Waals surface area contributed by atoms with Crippen LogP contribution < -0.4 is 26.0 Å². The number of aliphatic carboxylic acids is 1. The number of aromatic nitrogens is 3. The summed E-state index contributed by atoms with van der Waals surface area (Å²) in [6.07, 6.45) is 3.26. The molecule has 0 fully saturated rings. The zero-order valence-electron chi connectivity index (χ0n) is 32.8. The molecule has 0 unspecified atom stereocenters. The van der Waals surface area contributed by atoms with Gasteiger partial charge < -0.3 is 36.0 Å². The third-order valence-electron chi connectivity index (χ3n) is 9.76. The van der Waals surface area contributed by atoms with Gasteiger partial charge in [-0.2, -0.15) is 0 Å². The van der Waals surface area contributed by atoms with Crippen LogP contribution in [0.15, 0.2) is 85.1 Å². The van der Waals surface area contributed by atoms with E-state index >= 15 is 0 Å². The first-order valence-electron chi connectivity index (χ1n) is 19.2. The van der Waals surface area contributed by atoms with Crippen LogP contribution in [0, 0.1) is 5.92 Å². The van der Waals surface area contributed by atoms with E-state index in [0.29, 0.717) is 37.3 Å². The Kier molecular flexibility index (Phi) is 14.9. The third-order valence-corrected chi connectivity index (χ3v) is 9.76. The fraction of sp³-hybridized carbons (Fsp3) is 0.405. The lowest BCUT2D eigenvalue weighted by molar-refractivity contribution is -0.143. The normalized spacial score (nSPS) is 18.2. The first-order valence-corrected chi connectivity index (χ1v) is 19.2. The molecule has 0 saturated carbocycles. The Labute approximate surface area is 332 Å². The zero-order chi connectivity index (χ0) is 40.9. The van der Waals surface area contributed by atoms with Crippen molar-refractivity contribution in [2.75, 3.05) is 20.2 Å². The number of fused-ring (bicyclic) bond motifs is 14. The van der Waals surface area contributed by atoms with E-state index in [2.05, 4.69) is 31.6 Å². The number of carboxylic acid groups (broad SMARTS) is 1. The van der Waals surface area contributed by atoms with Crippen LogP contribution in [0.5, 0.6) is 5.75 Å². The summed E-state index contributed by atoms with van der Waals surface area (Å²) in [6.45, 7) is 5.70. The van der Waals surface area contributed by atoms with Crippen LogP contribution in [-0.4, -0.2) is 99.0 Å². The number of aryl methyl sites for hydroxylation is 1. The highest BCUT2D eigenvalue weighted by atomic mass is 16.5. The number of nitrogens with zero attached hydrogens (tertiary/aromatic N) is 4. The lowest BCUT2D eigenvalue weighted by Gasteiger charge is -2.31. The number of carbonyl (C=O) groups is 5. The predicted molar refractivity (Wildman–Crippen MR) is 212 cm³/mol. The van der Waals surface area contributed by atoms with E-state index in [0.717, 1.165) is 22.4 Å². The number of carboxylic acids is 1. The summed E-state index contributed by atoms with van der Waals surface area (Å²) in [5.74, 6) is -3.14. The van der Waals surface area contributed by atoms with Gasteiger partial charge in [0.2, 0.25) is 23.6 Å². The number of benzene rings is 3. The molecule has 6 rings (SSSR count). The summed E-state index contributed by atoms with van der Waals surface area (Å²) in [5, 5.41) is 29.9. The first kappa shape index (κ1) is 42.1. The molecule has 0 radical (unpaired) electrons. The van der Waals surface area contributed by atoms with Crippen molar-refractivity contribution in [2.45, 2.75) is 83.7 Å². The molecular weight excluding hydrogens is 729 g/mol. The van der Waals surface area contributed by atoms with Gasteiger partial charge in [-0.1, -0.05) is 85.8 Å². The number of likely N-dealkylation sites (N-methyl/N-ethyl adjacent to an activating group) is 1. The van der Waals surface area contributed by atoms with Gasteiger partial charge >= 0.3 is 5.97 Å². The summed E-state index contributed by atoms with van der Waals surface area (Å²) in [6, 6.07) is 19.6. The van der Waals surface area contributed by atoms with E-state index in [1.807, 2.05) is 50.4 Å².